The van der Waals surface area contributed by atoms with Gasteiger partial charge in [0.15, 0.2) is 0 Å². The molecule has 0 aliphatic rings. The third kappa shape index (κ3) is 2.88. The summed E-state index contributed by atoms with van der Waals surface area (Å²) in [7, 11) is 1.58. The van der Waals surface area contributed by atoms with Gasteiger partial charge in [-0.1, -0.05) is 0 Å². The molecule has 0 aromatic heterocycles. The molecule has 0 radical (unpaired) electrons. The zero-order valence-electron chi connectivity index (χ0n) is 7.52. The fraction of sp³-hybridized carbons (Fsp3) is 0.400. The molecule has 0 aliphatic carbocycles. The molecule has 0 bridgehead atoms. The van der Waals surface area contributed by atoms with Crippen LogP contribution in [-0.2, 0) is 6.42 Å². The Morgan fingerprint density at radius 2 is 2.23 bits per heavy atom. The highest BCUT2D eigenvalue weighted by molar-refractivity contribution is 6.17. The first-order valence-corrected chi connectivity index (χ1v) is 4.69. The molecule has 0 fully saturated rings. The minimum Gasteiger partial charge on any atom is -0.496 e. The maximum atomic E-state index is 12.8. The van der Waals surface area contributed by atoms with E-state index in [0.29, 0.717) is 5.88 Å². The van der Waals surface area contributed by atoms with Gasteiger partial charge in [0.2, 0.25) is 0 Å². The van der Waals surface area contributed by atoms with Gasteiger partial charge in [0.05, 0.1) is 7.11 Å². The number of rotatable bonds is 4. The maximum absolute atomic E-state index is 12.8. The van der Waals surface area contributed by atoms with Crippen LogP contribution in [0.15, 0.2) is 18.2 Å². The van der Waals surface area contributed by atoms with Crippen LogP contribution in [0.1, 0.15) is 12.0 Å². The molecule has 0 saturated carbocycles. The Morgan fingerprint density at radius 1 is 1.46 bits per heavy atom. The van der Waals surface area contributed by atoms with Crippen molar-refractivity contribution in [3.8, 4) is 5.75 Å². The van der Waals surface area contributed by atoms with Crippen LogP contribution in [0.25, 0.3) is 0 Å². The van der Waals surface area contributed by atoms with Gasteiger partial charge in [-0.2, -0.15) is 0 Å². The zero-order valence-corrected chi connectivity index (χ0v) is 8.27. The quantitative estimate of drug-likeness (QED) is 0.682. The van der Waals surface area contributed by atoms with E-state index in [4.69, 9.17) is 16.3 Å². The summed E-state index contributed by atoms with van der Waals surface area (Å²) >= 11 is 5.55. The molecule has 72 valence electrons. The van der Waals surface area contributed by atoms with Crippen molar-refractivity contribution in [2.24, 2.45) is 0 Å². The third-order valence-electron chi connectivity index (χ3n) is 1.82. The number of benzene rings is 1. The molecular formula is C10H12ClFO. The van der Waals surface area contributed by atoms with E-state index >= 15 is 0 Å². The lowest BCUT2D eigenvalue weighted by Crippen LogP contribution is -1.94. The van der Waals surface area contributed by atoms with Crippen LogP contribution in [0.4, 0.5) is 4.39 Å². The molecule has 0 amide bonds. The molecule has 0 heterocycles. The van der Waals surface area contributed by atoms with E-state index in [0.717, 1.165) is 24.2 Å². The number of halogens is 2. The molecule has 1 aromatic carbocycles. The Bertz CT molecular complexity index is 276. The molecule has 13 heavy (non-hydrogen) atoms. The topological polar surface area (TPSA) is 9.23 Å². The molecule has 0 unspecified atom stereocenters. The molecule has 1 rings (SSSR count). The highest BCUT2D eigenvalue weighted by Gasteiger charge is 2.03. The van der Waals surface area contributed by atoms with Gasteiger partial charge < -0.3 is 4.74 Å². The first-order valence-electron chi connectivity index (χ1n) is 4.16. The van der Waals surface area contributed by atoms with Crippen LogP contribution in [-0.4, -0.2) is 13.0 Å². The van der Waals surface area contributed by atoms with Crippen LogP contribution in [0.2, 0.25) is 0 Å². The Hall–Kier alpha value is -0.760. The van der Waals surface area contributed by atoms with Crippen LogP contribution in [0.3, 0.4) is 0 Å². The van der Waals surface area contributed by atoms with Crippen molar-refractivity contribution in [2.75, 3.05) is 13.0 Å². The molecule has 0 aliphatic heterocycles. The van der Waals surface area contributed by atoms with E-state index in [2.05, 4.69) is 0 Å². The van der Waals surface area contributed by atoms with Crippen molar-refractivity contribution in [3.63, 3.8) is 0 Å². The normalized spacial score (nSPS) is 10.1. The second kappa shape index (κ2) is 5.07. The minimum absolute atomic E-state index is 0.231. The largest absolute Gasteiger partial charge is 0.496 e. The fourth-order valence-electron chi connectivity index (χ4n) is 1.20. The summed E-state index contributed by atoms with van der Waals surface area (Å²) in [6.45, 7) is 0. The number of methoxy groups -OCH3 is 1. The standard InChI is InChI=1S/C10H12ClFO/c1-13-10-5-4-9(12)7-8(10)3-2-6-11/h4-5,7H,2-3,6H2,1H3. The summed E-state index contributed by atoms with van der Waals surface area (Å²) in [5, 5.41) is 0. The van der Waals surface area contributed by atoms with Crippen LogP contribution < -0.4 is 4.74 Å². The molecule has 0 saturated heterocycles. The Balaban J connectivity index is 2.81. The fourth-order valence-corrected chi connectivity index (χ4v) is 1.33. The number of hydrogen-bond acceptors (Lipinski definition) is 1. The van der Waals surface area contributed by atoms with Gasteiger partial charge in [0.25, 0.3) is 0 Å². The van der Waals surface area contributed by atoms with Crippen LogP contribution >= 0.6 is 11.6 Å². The minimum atomic E-state index is -0.231. The molecule has 0 spiro atoms. The molecular weight excluding hydrogens is 191 g/mol. The van der Waals surface area contributed by atoms with Gasteiger partial charge in [0, 0.05) is 5.88 Å². The predicted molar refractivity (Wildman–Crippen MR) is 52.0 cm³/mol. The second-order valence-corrected chi connectivity index (χ2v) is 3.13. The Kier molecular flexibility index (Phi) is 4.03. The molecule has 0 atom stereocenters. The monoisotopic (exact) mass is 202 g/mol. The van der Waals surface area contributed by atoms with Crippen molar-refractivity contribution >= 4 is 11.6 Å². The number of ether oxygens (including phenoxy) is 1. The van der Waals surface area contributed by atoms with E-state index in [1.807, 2.05) is 0 Å². The van der Waals surface area contributed by atoms with E-state index in [1.165, 1.54) is 12.1 Å². The summed E-state index contributed by atoms with van der Waals surface area (Å²) in [5.74, 6) is 1.08. The van der Waals surface area contributed by atoms with Crippen molar-refractivity contribution in [1.29, 1.82) is 0 Å². The smallest absolute Gasteiger partial charge is 0.123 e. The lowest BCUT2D eigenvalue weighted by atomic mass is 10.1. The molecule has 0 N–H and O–H groups in total. The van der Waals surface area contributed by atoms with Gasteiger partial charge in [-0.3, -0.25) is 0 Å². The van der Waals surface area contributed by atoms with E-state index in [9.17, 15) is 4.39 Å². The van der Waals surface area contributed by atoms with E-state index in [-0.39, 0.29) is 5.82 Å². The third-order valence-corrected chi connectivity index (χ3v) is 2.09. The number of aryl methyl sites for hydroxylation is 1. The molecule has 3 heteroatoms. The SMILES string of the molecule is COc1ccc(F)cc1CCCCl. The van der Waals surface area contributed by atoms with Crippen LogP contribution in [0, 0.1) is 5.82 Å². The average Bonchev–Trinajstić information content (AvgIpc) is 2.15. The molecule has 1 aromatic rings. The highest BCUT2D eigenvalue weighted by Crippen LogP contribution is 2.20. The Labute approximate surface area is 82.5 Å². The maximum Gasteiger partial charge on any atom is 0.123 e. The number of alkyl halides is 1. The summed E-state index contributed by atoms with van der Waals surface area (Å²) in [6.07, 6.45) is 1.59. The first kappa shape index (κ1) is 10.3. The van der Waals surface area contributed by atoms with Gasteiger partial charge in [-0.05, 0) is 36.6 Å². The van der Waals surface area contributed by atoms with Gasteiger partial charge >= 0.3 is 0 Å². The predicted octanol–water partition coefficient (Wildman–Crippen LogP) is 3.01. The van der Waals surface area contributed by atoms with E-state index in [1.54, 1.807) is 13.2 Å². The van der Waals surface area contributed by atoms with E-state index < -0.39 is 0 Å². The average molecular weight is 203 g/mol. The van der Waals surface area contributed by atoms with Gasteiger partial charge in [0.1, 0.15) is 11.6 Å². The number of hydrogen-bond donors (Lipinski definition) is 0. The summed E-state index contributed by atoms with van der Waals surface area (Å²) in [4.78, 5) is 0. The highest BCUT2D eigenvalue weighted by atomic mass is 35.5. The lowest BCUT2D eigenvalue weighted by Gasteiger charge is -2.07. The first-order chi connectivity index (χ1) is 6.27. The van der Waals surface area contributed by atoms with Gasteiger partial charge in [-0.15, -0.1) is 11.6 Å². The molecule has 1 nitrogen and oxygen atoms in total. The van der Waals surface area contributed by atoms with Crippen LogP contribution in [0.5, 0.6) is 5.75 Å². The summed E-state index contributed by atoms with van der Waals surface area (Å²) in [5.41, 5.74) is 0.878. The summed E-state index contributed by atoms with van der Waals surface area (Å²) < 4.78 is 17.9. The second-order valence-electron chi connectivity index (χ2n) is 2.75. The van der Waals surface area contributed by atoms with Crippen molar-refractivity contribution in [2.45, 2.75) is 12.8 Å². The van der Waals surface area contributed by atoms with Crippen molar-refractivity contribution in [1.82, 2.24) is 0 Å². The van der Waals surface area contributed by atoms with Crippen molar-refractivity contribution < 1.29 is 9.13 Å². The van der Waals surface area contributed by atoms with Gasteiger partial charge in [-0.25, -0.2) is 4.39 Å². The Morgan fingerprint density at radius 3 is 2.85 bits per heavy atom. The summed E-state index contributed by atoms with van der Waals surface area (Å²) in [6, 6.07) is 4.52. The zero-order chi connectivity index (χ0) is 9.68. The lowest BCUT2D eigenvalue weighted by molar-refractivity contribution is 0.408. The van der Waals surface area contributed by atoms with Crippen molar-refractivity contribution in [3.05, 3.63) is 29.6 Å².